The number of hydrogen-bond donors (Lipinski definition) is 0. The minimum absolute atomic E-state index is 0.484. The minimum atomic E-state index is 0.484. The lowest BCUT2D eigenvalue weighted by Crippen LogP contribution is -2.16. The van der Waals surface area contributed by atoms with Gasteiger partial charge in [0, 0.05) is 0 Å². The van der Waals surface area contributed by atoms with Gasteiger partial charge in [-0.1, -0.05) is 83.1 Å². The molecule has 0 aliphatic heterocycles. The van der Waals surface area contributed by atoms with Crippen molar-refractivity contribution in [3.8, 4) is 0 Å². The Hall–Kier alpha value is 0. The molecule has 0 heterocycles. The summed E-state index contributed by atoms with van der Waals surface area (Å²) in [5.74, 6) is 0. The van der Waals surface area contributed by atoms with E-state index in [9.17, 15) is 0 Å². The maximum atomic E-state index is 2.29. The largest absolute Gasteiger partial charge is 0.0602 e. The Kier molecular flexibility index (Phi) is 7.27. The third kappa shape index (κ3) is 25.0. The van der Waals surface area contributed by atoms with Gasteiger partial charge in [-0.2, -0.15) is 0 Å². The van der Waals surface area contributed by atoms with E-state index in [0.29, 0.717) is 21.7 Å². The molecule has 0 aromatic rings. The molecule has 0 nitrogen and oxygen atoms in total. The van der Waals surface area contributed by atoms with E-state index in [2.05, 4.69) is 83.1 Å². The van der Waals surface area contributed by atoms with Gasteiger partial charge in [0.1, 0.15) is 0 Å². The Morgan fingerprint density at radius 3 is 0.444 bits per heavy atom. The van der Waals surface area contributed by atoms with E-state index in [4.69, 9.17) is 0 Å². The summed E-state index contributed by atoms with van der Waals surface area (Å²) in [5, 5.41) is 0. The summed E-state index contributed by atoms with van der Waals surface area (Å²) < 4.78 is 0. The van der Waals surface area contributed by atoms with Crippen molar-refractivity contribution in [1.82, 2.24) is 0 Å². The Labute approximate surface area is 118 Å². The van der Waals surface area contributed by atoms with Gasteiger partial charge in [-0.3, -0.25) is 0 Å². The monoisotopic (exact) mass is 256 g/mol. The molecule has 0 aromatic heterocycles. The van der Waals surface area contributed by atoms with Crippen molar-refractivity contribution < 1.29 is 0 Å². The summed E-state index contributed by atoms with van der Waals surface area (Å²) in [5.41, 5.74) is 1.94. The van der Waals surface area contributed by atoms with E-state index >= 15 is 0 Å². The fourth-order valence-electron chi connectivity index (χ4n) is 3.18. The predicted octanol–water partition coefficient (Wildman–Crippen LogP) is 6.94. The summed E-state index contributed by atoms with van der Waals surface area (Å²) in [4.78, 5) is 0. The molecule has 0 radical (unpaired) electrons. The molecule has 0 bridgehead atoms. The molecule has 0 aliphatic carbocycles. The van der Waals surface area contributed by atoms with Gasteiger partial charge in [-0.15, -0.1) is 0 Å². The molecule has 18 heavy (non-hydrogen) atoms. The van der Waals surface area contributed by atoms with Gasteiger partial charge in [0.2, 0.25) is 0 Å². The van der Waals surface area contributed by atoms with E-state index in [1.807, 2.05) is 0 Å². The topological polar surface area (TPSA) is 0 Å². The normalized spacial score (nSPS) is 14.0. The van der Waals surface area contributed by atoms with Gasteiger partial charge >= 0.3 is 0 Å². The molecular formula is C18H40. The quantitative estimate of drug-likeness (QED) is 0.440. The van der Waals surface area contributed by atoms with Crippen LogP contribution in [0, 0.1) is 21.7 Å². The first-order chi connectivity index (χ1) is 7.41. The first-order valence-corrected chi connectivity index (χ1v) is 7.41. The Morgan fingerprint density at radius 1 is 0.333 bits per heavy atom. The fraction of sp³-hybridized carbons (Fsp3) is 1.00. The molecule has 0 fully saturated rings. The van der Waals surface area contributed by atoms with Crippen molar-refractivity contribution in [2.75, 3.05) is 0 Å². The highest BCUT2D eigenvalue weighted by Gasteiger charge is 2.20. The van der Waals surface area contributed by atoms with Crippen LogP contribution in [0.25, 0.3) is 0 Å². The first-order valence-electron chi connectivity index (χ1n) is 7.41. The van der Waals surface area contributed by atoms with Crippen LogP contribution in [-0.4, -0.2) is 0 Å². The van der Waals surface area contributed by atoms with Crippen molar-refractivity contribution in [2.45, 2.75) is 95.9 Å². The molecule has 0 heteroatoms. The van der Waals surface area contributed by atoms with Gasteiger partial charge < -0.3 is 0 Å². The minimum Gasteiger partial charge on any atom is -0.0602 e. The second-order valence-electron chi connectivity index (χ2n) is 10.6. The average Bonchev–Trinajstić information content (AvgIpc) is 1.64. The molecule has 112 valence electrons. The molecule has 0 rings (SSSR count). The lowest BCUT2D eigenvalue weighted by Gasteiger charge is -2.28. The van der Waals surface area contributed by atoms with Crippen molar-refractivity contribution in [3.05, 3.63) is 0 Å². The maximum Gasteiger partial charge on any atom is -0.0378 e. The van der Waals surface area contributed by atoms with Gasteiger partial charge in [0.15, 0.2) is 0 Å². The Morgan fingerprint density at radius 2 is 0.444 bits per heavy atom. The van der Waals surface area contributed by atoms with Gasteiger partial charge in [-0.25, -0.2) is 0 Å². The van der Waals surface area contributed by atoms with Crippen LogP contribution in [0.3, 0.4) is 0 Å². The van der Waals surface area contributed by atoms with Crippen LogP contribution in [0.5, 0.6) is 0 Å². The maximum absolute atomic E-state index is 2.29. The van der Waals surface area contributed by atoms with Crippen LogP contribution in [0.1, 0.15) is 95.9 Å². The van der Waals surface area contributed by atoms with Gasteiger partial charge in [0.05, 0.1) is 0 Å². The highest BCUT2D eigenvalue weighted by atomic mass is 14.3. The first kappa shape index (κ1) is 20.3. The van der Waals surface area contributed by atoms with E-state index in [-0.39, 0.29) is 0 Å². The Balaban J connectivity index is 0. The zero-order valence-electron chi connectivity index (χ0n) is 15.4. The fourth-order valence-corrected chi connectivity index (χ4v) is 3.18. The van der Waals surface area contributed by atoms with Crippen LogP contribution in [0.4, 0.5) is 0 Å². The molecule has 0 N–H and O–H groups in total. The summed E-state index contributed by atoms with van der Waals surface area (Å²) in [6.45, 7) is 27.5. The van der Waals surface area contributed by atoms with Crippen LogP contribution >= 0.6 is 0 Å². The predicted molar refractivity (Wildman–Crippen MR) is 87.1 cm³/mol. The average molecular weight is 257 g/mol. The van der Waals surface area contributed by atoms with Crippen LogP contribution in [-0.2, 0) is 0 Å². The third-order valence-electron chi connectivity index (χ3n) is 2.12. The van der Waals surface area contributed by atoms with E-state index in [1.54, 1.807) is 0 Å². The zero-order valence-corrected chi connectivity index (χ0v) is 15.4. The lowest BCUT2D eigenvalue weighted by molar-refractivity contribution is 0.233. The van der Waals surface area contributed by atoms with E-state index in [0.717, 1.165) is 0 Å². The highest BCUT2D eigenvalue weighted by molar-refractivity contribution is 4.72. The zero-order chi connectivity index (χ0) is 15.4. The highest BCUT2D eigenvalue weighted by Crippen LogP contribution is 2.32. The molecule has 0 saturated carbocycles. The van der Waals surface area contributed by atoms with Crippen molar-refractivity contribution in [1.29, 1.82) is 0 Å². The number of rotatable bonds is 0. The lowest BCUT2D eigenvalue weighted by atomic mass is 9.78. The summed E-state index contributed by atoms with van der Waals surface area (Å²) in [7, 11) is 0. The molecule has 0 aliphatic rings. The SMILES string of the molecule is CC(C)(C)CC(C)(C)C.CC(C)(C)CC(C)(C)C. The third-order valence-corrected chi connectivity index (χ3v) is 2.12. The van der Waals surface area contributed by atoms with Crippen LogP contribution in [0.15, 0.2) is 0 Å². The van der Waals surface area contributed by atoms with Crippen molar-refractivity contribution in [2.24, 2.45) is 21.7 Å². The Bertz CT molecular complexity index is 156. The molecule has 0 amide bonds. The molecule has 0 saturated heterocycles. The summed E-state index contributed by atoms with van der Waals surface area (Å²) in [6.07, 6.45) is 2.58. The molecular weight excluding hydrogens is 216 g/mol. The van der Waals surface area contributed by atoms with Gasteiger partial charge in [0.25, 0.3) is 0 Å². The summed E-state index contributed by atoms with van der Waals surface area (Å²) >= 11 is 0. The standard InChI is InChI=1S/2C9H20/c2*1-8(2,3)7-9(4,5)6/h2*7H2,1-6H3. The van der Waals surface area contributed by atoms with E-state index < -0.39 is 0 Å². The van der Waals surface area contributed by atoms with Crippen molar-refractivity contribution >= 4 is 0 Å². The van der Waals surface area contributed by atoms with Crippen LogP contribution in [0.2, 0.25) is 0 Å². The van der Waals surface area contributed by atoms with Crippen molar-refractivity contribution in [3.63, 3.8) is 0 Å². The van der Waals surface area contributed by atoms with E-state index in [1.165, 1.54) is 12.8 Å². The smallest absolute Gasteiger partial charge is 0.0378 e. The molecule has 0 aromatic carbocycles. The summed E-state index contributed by atoms with van der Waals surface area (Å²) in [6, 6.07) is 0. The van der Waals surface area contributed by atoms with Gasteiger partial charge in [-0.05, 0) is 34.5 Å². The molecule has 0 atom stereocenters. The molecule has 0 spiro atoms. The number of hydrogen-bond acceptors (Lipinski definition) is 0. The molecule has 0 unspecified atom stereocenters. The van der Waals surface area contributed by atoms with Crippen LogP contribution < -0.4 is 0 Å². The second-order valence-corrected chi connectivity index (χ2v) is 10.6. The second kappa shape index (κ2) is 6.44.